The van der Waals surface area contributed by atoms with Crippen molar-refractivity contribution in [2.45, 2.75) is 19.7 Å². The number of nitrogens with one attached hydrogen (secondary N) is 1. The van der Waals surface area contributed by atoms with Crippen LogP contribution in [-0.4, -0.2) is 26.6 Å². The molecular weight excluding hydrogens is 573 g/mol. The summed E-state index contributed by atoms with van der Waals surface area (Å²) in [6.07, 6.45) is -3.44. The molecule has 5 aromatic rings. The van der Waals surface area contributed by atoms with Crippen LogP contribution in [0, 0.1) is 18.6 Å². The number of alkyl halides is 3. The monoisotopic (exact) mass is 591 g/mol. The first-order valence-electron chi connectivity index (χ1n) is 11.6. The average Bonchev–Trinajstić information content (AvgIpc) is 3.61. The van der Waals surface area contributed by atoms with E-state index in [1.807, 2.05) is 0 Å². The number of nitrogens with two attached hydrogens (primary N) is 1. The van der Waals surface area contributed by atoms with Crippen LogP contribution in [0.5, 0.6) is 5.75 Å². The normalized spacial score (nSPS) is 11.7. The molecule has 41 heavy (non-hydrogen) atoms. The lowest BCUT2D eigenvalue weighted by molar-refractivity contribution is -0.140. The molecule has 1 aromatic carbocycles. The lowest BCUT2D eigenvalue weighted by Gasteiger charge is -2.12. The molecule has 0 saturated carbocycles. The topological polar surface area (TPSA) is 125 Å². The van der Waals surface area contributed by atoms with Gasteiger partial charge in [0.2, 0.25) is 0 Å². The zero-order valence-corrected chi connectivity index (χ0v) is 21.9. The van der Waals surface area contributed by atoms with Crippen molar-refractivity contribution < 1.29 is 40.7 Å². The van der Waals surface area contributed by atoms with Gasteiger partial charge in [-0.05, 0) is 42.8 Å². The largest absolute Gasteiger partial charge is 0.483 e. The molecule has 5 rings (SSSR count). The molecule has 212 valence electrons. The number of carbonyl (C=O) groups excluding carboxylic acids is 2. The number of hydrogen-bond acceptors (Lipinski definition) is 7. The fourth-order valence-corrected chi connectivity index (χ4v) is 5.01. The van der Waals surface area contributed by atoms with Crippen molar-refractivity contribution in [3.05, 3.63) is 82.0 Å². The Morgan fingerprint density at radius 2 is 1.90 bits per heavy atom. The summed E-state index contributed by atoms with van der Waals surface area (Å²) in [7, 11) is 1.61. The maximum Gasteiger partial charge on any atom is 0.433 e. The minimum atomic E-state index is -4.80. The van der Waals surface area contributed by atoms with Crippen molar-refractivity contribution >= 4 is 39.1 Å². The van der Waals surface area contributed by atoms with Gasteiger partial charge >= 0.3 is 6.18 Å². The number of halogens is 5. The van der Waals surface area contributed by atoms with Crippen LogP contribution in [0.15, 0.2) is 47.0 Å². The highest BCUT2D eigenvalue weighted by Crippen LogP contribution is 2.44. The molecule has 2 amide bonds. The fourth-order valence-electron chi connectivity index (χ4n) is 4.01. The van der Waals surface area contributed by atoms with Crippen LogP contribution in [-0.2, 0) is 19.8 Å². The van der Waals surface area contributed by atoms with Crippen LogP contribution in [0.25, 0.3) is 21.3 Å². The van der Waals surface area contributed by atoms with E-state index >= 15 is 0 Å². The quantitative estimate of drug-likeness (QED) is 0.230. The maximum atomic E-state index is 13.8. The molecule has 0 saturated heterocycles. The molecule has 0 atom stereocenters. The molecule has 9 nitrogen and oxygen atoms in total. The number of amides is 2. The highest BCUT2D eigenvalue weighted by Gasteiger charge is 2.35. The maximum absolute atomic E-state index is 13.8. The highest BCUT2D eigenvalue weighted by atomic mass is 32.1. The molecule has 3 N–H and O–H groups in total. The number of aryl methyl sites for hydroxylation is 1. The predicted molar refractivity (Wildman–Crippen MR) is 137 cm³/mol. The second-order valence-corrected chi connectivity index (χ2v) is 9.75. The number of hydrogen-bond donors (Lipinski definition) is 2. The third kappa shape index (κ3) is 5.35. The SMILES string of the molecule is Cc1c(-c2cc(C(F)(F)F)nc3sc(C(N)=O)c(NC(=O)c4ccc(COc5ccc(F)cc5F)o4)c23)cnn1C. The van der Waals surface area contributed by atoms with E-state index in [9.17, 15) is 31.5 Å². The number of carbonyl (C=O) groups is 2. The Morgan fingerprint density at radius 3 is 2.54 bits per heavy atom. The number of benzene rings is 1. The number of anilines is 1. The minimum Gasteiger partial charge on any atom is -0.483 e. The van der Waals surface area contributed by atoms with Crippen molar-refractivity contribution in [2.75, 3.05) is 5.32 Å². The molecule has 4 heterocycles. The molecule has 0 aliphatic heterocycles. The molecule has 0 bridgehead atoms. The zero-order chi connectivity index (χ0) is 29.6. The van der Waals surface area contributed by atoms with Crippen LogP contribution in [0.4, 0.5) is 27.6 Å². The summed E-state index contributed by atoms with van der Waals surface area (Å²) in [5.41, 5.74) is 5.03. The molecule has 0 unspecified atom stereocenters. The average molecular weight is 592 g/mol. The van der Waals surface area contributed by atoms with Gasteiger partial charge in [0, 0.05) is 29.8 Å². The molecular formula is C26H18F5N5O4S. The smallest absolute Gasteiger partial charge is 0.433 e. The first-order valence-corrected chi connectivity index (χ1v) is 12.5. The van der Waals surface area contributed by atoms with Gasteiger partial charge in [0.1, 0.15) is 33.6 Å². The van der Waals surface area contributed by atoms with E-state index in [4.69, 9.17) is 14.9 Å². The van der Waals surface area contributed by atoms with Crippen LogP contribution in [0.3, 0.4) is 0 Å². The summed E-state index contributed by atoms with van der Waals surface area (Å²) in [6.45, 7) is 1.34. The second kappa shape index (κ2) is 10.3. The van der Waals surface area contributed by atoms with Crippen molar-refractivity contribution in [2.24, 2.45) is 12.8 Å². The Balaban J connectivity index is 1.52. The number of primary amides is 1. The van der Waals surface area contributed by atoms with Crippen molar-refractivity contribution in [3.63, 3.8) is 0 Å². The van der Waals surface area contributed by atoms with Gasteiger partial charge in [0.25, 0.3) is 11.8 Å². The van der Waals surface area contributed by atoms with Crippen molar-refractivity contribution in [1.82, 2.24) is 14.8 Å². The number of thiophene rings is 1. The van der Waals surface area contributed by atoms with E-state index in [2.05, 4.69) is 15.4 Å². The third-order valence-electron chi connectivity index (χ3n) is 6.09. The van der Waals surface area contributed by atoms with Crippen molar-refractivity contribution in [1.29, 1.82) is 0 Å². The summed E-state index contributed by atoms with van der Waals surface area (Å²) < 4.78 is 80.3. The molecule has 0 fully saturated rings. The minimum absolute atomic E-state index is 0.0295. The summed E-state index contributed by atoms with van der Waals surface area (Å²) in [6, 6.07) is 6.21. The van der Waals surface area contributed by atoms with Gasteiger partial charge in [-0.2, -0.15) is 18.3 Å². The number of furan rings is 1. The number of ether oxygens (including phenoxy) is 1. The van der Waals surface area contributed by atoms with E-state index in [1.54, 1.807) is 14.0 Å². The number of nitrogens with zero attached hydrogens (tertiary/aromatic N) is 3. The number of aromatic nitrogens is 3. The second-order valence-electron chi connectivity index (χ2n) is 8.75. The van der Waals surface area contributed by atoms with E-state index < -0.39 is 35.3 Å². The van der Waals surface area contributed by atoms with Crippen LogP contribution < -0.4 is 15.8 Å². The van der Waals surface area contributed by atoms with Gasteiger partial charge < -0.3 is 20.2 Å². The van der Waals surface area contributed by atoms with Crippen LogP contribution in [0.1, 0.15) is 37.4 Å². The van der Waals surface area contributed by atoms with Crippen LogP contribution in [0.2, 0.25) is 0 Å². The first kappa shape index (κ1) is 27.8. The predicted octanol–water partition coefficient (Wildman–Crippen LogP) is 5.83. The lowest BCUT2D eigenvalue weighted by Crippen LogP contribution is -2.16. The molecule has 4 aromatic heterocycles. The summed E-state index contributed by atoms with van der Waals surface area (Å²) >= 11 is 0.594. The molecule has 15 heteroatoms. The Kier molecular flexibility index (Phi) is 6.98. The summed E-state index contributed by atoms with van der Waals surface area (Å²) in [5, 5.41) is 6.67. The molecule has 0 spiro atoms. The fraction of sp³-hybridized carbons (Fsp3) is 0.154. The van der Waals surface area contributed by atoms with Gasteiger partial charge in [-0.3, -0.25) is 14.3 Å². The Labute approximate surface area is 231 Å². The van der Waals surface area contributed by atoms with Gasteiger partial charge in [0.05, 0.1) is 11.9 Å². The van der Waals surface area contributed by atoms with Gasteiger partial charge in [-0.25, -0.2) is 13.8 Å². The highest BCUT2D eigenvalue weighted by molar-refractivity contribution is 7.21. The Hall–Kier alpha value is -4.79. The lowest BCUT2D eigenvalue weighted by atomic mass is 10.0. The van der Waals surface area contributed by atoms with E-state index in [0.717, 1.165) is 18.2 Å². The summed E-state index contributed by atoms with van der Waals surface area (Å²) in [4.78, 5) is 28.7. The summed E-state index contributed by atoms with van der Waals surface area (Å²) in [5.74, 6) is -3.96. The zero-order valence-electron chi connectivity index (χ0n) is 21.1. The molecule has 0 aliphatic rings. The Bertz CT molecular complexity index is 1820. The van der Waals surface area contributed by atoms with E-state index in [0.29, 0.717) is 28.7 Å². The molecule has 0 aliphatic carbocycles. The molecule has 0 radical (unpaired) electrons. The third-order valence-corrected chi connectivity index (χ3v) is 7.19. The number of rotatable bonds is 7. The van der Waals surface area contributed by atoms with Crippen LogP contribution >= 0.6 is 11.3 Å². The van der Waals surface area contributed by atoms with E-state index in [1.165, 1.54) is 23.0 Å². The van der Waals surface area contributed by atoms with Gasteiger partial charge in [-0.15, -0.1) is 11.3 Å². The Morgan fingerprint density at radius 1 is 1.15 bits per heavy atom. The van der Waals surface area contributed by atoms with Gasteiger partial charge in [-0.1, -0.05) is 0 Å². The van der Waals surface area contributed by atoms with Gasteiger partial charge in [0.15, 0.2) is 17.3 Å². The number of fused-ring (bicyclic) bond motifs is 1. The standard InChI is InChI=1S/C26H18F5N5O4S/c1-11-15(9-33-36(11)2)14-8-19(26(29,30)31)34-25-20(14)21(22(41-25)23(32)37)35-24(38)18-6-4-13(40-18)10-39-17-5-3-12(27)7-16(17)28/h3-9H,10H2,1-2H3,(H2,32,37)(H,35,38). The van der Waals surface area contributed by atoms with E-state index in [-0.39, 0.29) is 50.2 Å². The van der Waals surface area contributed by atoms with Crippen molar-refractivity contribution in [3.8, 4) is 16.9 Å². The first-order chi connectivity index (χ1) is 19.3. The number of pyridine rings is 1.